The molecular formula is C24H29ClO8. The van der Waals surface area contributed by atoms with E-state index in [4.69, 9.17) is 30.5 Å². The zero-order chi connectivity index (χ0) is 24.0. The Morgan fingerprint density at radius 2 is 1.82 bits per heavy atom. The molecule has 0 aliphatic carbocycles. The zero-order valence-electron chi connectivity index (χ0n) is 18.6. The summed E-state index contributed by atoms with van der Waals surface area (Å²) < 4.78 is 22.9. The Morgan fingerprint density at radius 3 is 2.45 bits per heavy atom. The highest BCUT2D eigenvalue weighted by atomic mass is 35.5. The van der Waals surface area contributed by atoms with Crippen molar-refractivity contribution in [3.05, 3.63) is 64.2 Å². The molecule has 2 aliphatic heterocycles. The van der Waals surface area contributed by atoms with Crippen molar-refractivity contribution in [2.24, 2.45) is 0 Å². The van der Waals surface area contributed by atoms with Crippen LogP contribution in [0.5, 0.6) is 5.75 Å². The molecule has 2 saturated heterocycles. The molecule has 0 spiro atoms. The Bertz CT molecular complexity index is 985. The van der Waals surface area contributed by atoms with Crippen molar-refractivity contribution in [3.63, 3.8) is 0 Å². The summed E-state index contributed by atoms with van der Waals surface area (Å²) in [6, 6.07) is 11.7. The van der Waals surface area contributed by atoms with Crippen LogP contribution in [0.3, 0.4) is 0 Å². The standard InChI is InChI=1S/C24H29ClO8/c1-4-31-16-8-5-14(6-9-16)19(26)17-11-15(7-10-18(17)25)24-22(29)20(27)21(28)23(33-24,12-32-24)13(2)30-3/h5-11,13,19-22,26-29H,4,12H2,1-3H3/t13?,19?,20-,21-,22+,23+,24-/m0/s1. The minimum Gasteiger partial charge on any atom is -0.494 e. The Morgan fingerprint density at radius 1 is 1.12 bits per heavy atom. The first-order chi connectivity index (χ1) is 15.7. The van der Waals surface area contributed by atoms with Gasteiger partial charge in [0.2, 0.25) is 5.79 Å². The lowest BCUT2D eigenvalue weighted by atomic mass is 9.80. The number of rotatable bonds is 7. The van der Waals surface area contributed by atoms with E-state index >= 15 is 0 Å². The topological polar surface area (TPSA) is 118 Å². The van der Waals surface area contributed by atoms with E-state index in [-0.39, 0.29) is 6.61 Å². The molecule has 4 N–H and O–H groups in total. The Hall–Kier alpha value is -1.75. The van der Waals surface area contributed by atoms with Gasteiger partial charge in [-0.2, -0.15) is 0 Å². The van der Waals surface area contributed by atoms with Gasteiger partial charge in [-0.05, 0) is 43.7 Å². The van der Waals surface area contributed by atoms with Crippen molar-refractivity contribution in [2.75, 3.05) is 20.3 Å². The van der Waals surface area contributed by atoms with Crippen LogP contribution in [0.2, 0.25) is 5.02 Å². The van der Waals surface area contributed by atoms with Crippen molar-refractivity contribution in [1.29, 1.82) is 0 Å². The molecule has 2 fully saturated rings. The van der Waals surface area contributed by atoms with Gasteiger partial charge in [0.15, 0.2) is 0 Å². The van der Waals surface area contributed by atoms with Crippen molar-refractivity contribution in [1.82, 2.24) is 0 Å². The normalized spacial score (nSPS) is 33.0. The molecule has 9 heteroatoms. The molecule has 2 aromatic carbocycles. The van der Waals surface area contributed by atoms with Gasteiger partial charge in [0.25, 0.3) is 0 Å². The number of benzene rings is 2. The van der Waals surface area contributed by atoms with Crippen molar-refractivity contribution < 1.29 is 39.4 Å². The van der Waals surface area contributed by atoms with Crippen LogP contribution >= 0.6 is 11.6 Å². The summed E-state index contributed by atoms with van der Waals surface area (Å²) in [5, 5.41) is 43.6. The average Bonchev–Trinajstić information content (AvgIpc) is 3.22. The van der Waals surface area contributed by atoms with Crippen molar-refractivity contribution in [2.45, 2.75) is 55.8 Å². The van der Waals surface area contributed by atoms with E-state index in [9.17, 15) is 20.4 Å². The molecule has 0 aromatic heterocycles. The van der Waals surface area contributed by atoms with Crippen LogP contribution in [0, 0.1) is 0 Å². The Labute approximate surface area is 197 Å². The van der Waals surface area contributed by atoms with Gasteiger partial charge in [-0.3, -0.25) is 0 Å². The maximum Gasteiger partial charge on any atom is 0.225 e. The summed E-state index contributed by atoms with van der Waals surface area (Å²) in [6.45, 7) is 3.99. The van der Waals surface area contributed by atoms with Gasteiger partial charge < -0.3 is 39.4 Å². The SMILES string of the molecule is CCOc1ccc(C(O)c2cc([C@]34OC[C@](C(C)OC)(O3)[C@@H](O)[C@H](O)[C@H]4O)ccc2Cl)cc1. The van der Waals surface area contributed by atoms with Crippen LogP contribution in [-0.2, 0) is 20.0 Å². The third kappa shape index (κ3) is 3.84. The Balaban J connectivity index is 1.72. The van der Waals surface area contributed by atoms with E-state index in [2.05, 4.69) is 0 Å². The van der Waals surface area contributed by atoms with Gasteiger partial charge in [-0.25, -0.2) is 0 Å². The number of hydrogen-bond acceptors (Lipinski definition) is 8. The predicted molar refractivity (Wildman–Crippen MR) is 119 cm³/mol. The fraction of sp³-hybridized carbons (Fsp3) is 0.500. The van der Waals surface area contributed by atoms with E-state index in [0.717, 1.165) is 0 Å². The molecule has 0 amide bonds. The summed E-state index contributed by atoms with van der Waals surface area (Å²) in [6.07, 6.45) is -6.29. The molecule has 8 nitrogen and oxygen atoms in total. The number of aliphatic hydroxyl groups excluding tert-OH is 4. The number of methoxy groups -OCH3 is 1. The molecule has 2 bridgehead atoms. The molecule has 2 heterocycles. The van der Waals surface area contributed by atoms with Crippen LogP contribution in [0.25, 0.3) is 0 Å². The van der Waals surface area contributed by atoms with Gasteiger partial charge in [-0.1, -0.05) is 29.8 Å². The van der Waals surface area contributed by atoms with Crippen molar-refractivity contribution in [3.8, 4) is 5.75 Å². The number of fused-ring (bicyclic) bond motifs is 2. The Kier molecular flexibility index (Phi) is 6.74. The molecule has 180 valence electrons. The summed E-state index contributed by atoms with van der Waals surface area (Å²) in [7, 11) is 1.46. The molecule has 4 rings (SSSR count). The number of aliphatic hydroxyl groups is 4. The molecule has 0 radical (unpaired) electrons. The molecule has 7 atom stereocenters. The zero-order valence-corrected chi connectivity index (χ0v) is 19.4. The lowest BCUT2D eigenvalue weighted by Crippen LogP contribution is -2.67. The van der Waals surface area contributed by atoms with Crippen LogP contribution < -0.4 is 4.74 Å². The smallest absolute Gasteiger partial charge is 0.225 e. The predicted octanol–water partition coefficient (Wildman–Crippen LogP) is 1.89. The maximum atomic E-state index is 11.0. The van der Waals surface area contributed by atoms with E-state index in [1.54, 1.807) is 49.4 Å². The maximum absolute atomic E-state index is 11.0. The molecule has 2 aromatic rings. The third-order valence-electron chi connectivity index (χ3n) is 6.63. The van der Waals surface area contributed by atoms with Gasteiger partial charge in [0, 0.05) is 23.3 Å². The van der Waals surface area contributed by atoms with Gasteiger partial charge >= 0.3 is 0 Å². The number of ether oxygens (including phenoxy) is 4. The highest BCUT2D eigenvalue weighted by Gasteiger charge is 2.69. The van der Waals surface area contributed by atoms with Crippen molar-refractivity contribution >= 4 is 11.6 Å². The molecule has 0 saturated carbocycles. The molecule has 33 heavy (non-hydrogen) atoms. The minimum atomic E-state index is -1.77. The molecular weight excluding hydrogens is 452 g/mol. The van der Waals surface area contributed by atoms with E-state index in [1.165, 1.54) is 7.11 Å². The minimum absolute atomic E-state index is 0.114. The fourth-order valence-electron chi connectivity index (χ4n) is 4.56. The highest BCUT2D eigenvalue weighted by Crippen LogP contribution is 2.52. The second kappa shape index (κ2) is 9.13. The summed E-state index contributed by atoms with van der Waals surface area (Å²) in [4.78, 5) is 0. The largest absolute Gasteiger partial charge is 0.494 e. The van der Waals surface area contributed by atoms with E-state index in [0.29, 0.717) is 34.1 Å². The monoisotopic (exact) mass is 480 g/mol. The van der Waals surface area contributed by atoms with Gasteiger partial charge in [0.1, 0.15) is 35.8 Å². The first-order valence-corrected chi connectivity index (χ1v) is 11.2. The second-order valence-electron chi connectivity index (χ2n) is 8.41. The lowest BCUT2D eigenvalue weighted by molar-refractivity contribution is -0.338. The first-order valence-electron chi connectivity index (χ1n) is 10.8. The third-order valence-corrected chi connectivity index (χ3v) is 6.98. The molecule has 2 unspecified atom stereocenters. The van der Waals surface area contributed by atoms with E-state index in [1.807, 2.05) is 6.92 Å². The molecule has 2 aliphatic rings. The van der Waals surface area contributed by atoms with Gasteiger partial charge in [-0.15, -0.1) is 0 Å². The lowest BCUT2D eigenvalue weighted by Gasteiger charge is -2.48. The van der Waals surface area contributed by atoms with Crippen LogP contribution in [0.4, 0.5) is 0 Å². The summed E-state index contributed by atoms with van der Waals surface area (Å²) >= 11 is 6.41. The van der Waals surface area contributed by atoms with Gasteiger partial charge in [0.05, 0.1) is 19.3 Å². The number of halogens is 1. The first kappa shape index (κ1) is 24.4. The average molecular weight is 481 g/mol. The highest BCUT2D eigenvalue weighted by molar-refractivity contribution is 6.31. The summed E-state index contributed by atoms with van der Waals surface area (Å²) in [5.41, 5.74) is -0.0910. The van der Waals surface area contributed by atoms with E-state index < -0.39 is 41.9 Å². The fourth-order valence-corrected chi connectivity index (χ4v) is 4.78. The second-order valence-corrected chi connectivity index (χ2v) is 8.82. The quantitative estimate of drug-likeness (QED) is 0.474. The number of hydrogen-bond donors (Lipinski definition) is 4. The van der Waals surface area contributed by atoms with Crippen LogP contribution in [0.1, 0.15) is 36.6 Å². The summed E-state index contributed by atoms with van der Waals surface area (Å²) in [5.74, 6) is -1.09. The van der Waals surface area contributed by atoms with Crippen LogP contribution in [0.15, 0.2) is 42.5 Å². The van der Waals surface area contributed by atoms with Crippen LogP contribution in [-0.4, -0.2) is 70.8 Å².